The number of furan rings is 1. The van der Waals surface area contributed by atoms with Crippen molar-refractivity contribution in [3.8, 4) is 16.8 Å². The molecule has 12 aromatic rings. The fraction of sp³-hybridized carbons (Fsp3) is 0. The number of rotatable bonds is 5. The van der Waals surface area contributed by atoms with Gasteiger partial charge in [0.05, 0.1) is 11.0 Å². The molecule has 57 heavy (non-hydrogen) atoms. The maximum absolute atomic E-state index is 6.68. The topological polar surface area (TPSA) is 21.3 Å². The zero-order valence-corrected chi connectivity index (χ0v) is 30.9. The van der Waals surface area contributed by atoms with Gasteiger partial charge in [-0.05, 0) is 110 Å². The Morgan fingerprint density at radius 2 is 0.789 bits per heavy atom. The molecule has 266 valence electrons. The molecular formula is C54H34N2O. The first kappa shape index (κ1) is 31.7. The molecular weight excluding hydrogens is 693 g/mol. The van der Waals surface area contributed by atoms with Crippen LogP contribution in [0, 0.1) is 0 Å². The molecule has 10 aromatic carbocycles. The van der Waals surface area contributed by atoms with Gasteiger partial charge in [-0.1, -0.05) is 133 Å². The Morgan fingerprint density at radius 1 is 0.298 bits per heavy atom. The van der Waals surface area contributed by atoms with Crippen LogP contribution in [0.1, 0.15) is 0 Å². The van der Waals surface area contributed by atoms with Gasteiger partial charge in [0.2, 0.25) is 0 Å². The van der Waals surface area contributed by atoms with Crippen molar-refractivity contribution in [2.24, 2.45) is 0 Å². The third kappa shape index (κ3) is 4.92. The summed E-state index contributed by atoms with van der Waals surface area (Å²) >= 11 is 0. The second kappa shape index (κ2) is 12.5. The first-order valence-electron chi connectivity index (χ1n) is 19.5. The molecule has 0 unspecified atom stereocenters. The van der Waals surface area contributed by atoms with Crippen LogP contribution >= 0.6 is 0 Å². The average Bonchev–Trinajstić information content (AvgIpc) is 3.82. The van der Waals surface area contributed by atoms with Crippen molar-refractivity contribution >= 4 is 93.1 Å². The minimum atomic E-state index is 0.852. The highest BCUT2D eigenvalue weighted by Gasteiger charge is 2.19. The van der Waals surface area contributed by atoms with Gasteiger partial charge in [0, 0.05) is 50.4 Å². The van der Waals surface area contributed by atoms with Crippen LogP contribution in [0.4, 0.5) is 17.1 Å². The molecule has 0 aliphatic carbocycles. The lowest BCUT2D eigenvalue weighted by molar-refractivity contribution is 0.669. The number of aromatic nitrogens is 1. The highest BCUT2D eigenvalue weighted by atomic mass is 16.3. The maximum atomic E-state index is 6.68. The highest BCUT2D eigenvalue weighted by molar-refractivity contribution is 6.26. The summed E-state index contributed by atoms with van der Waals surface area (Å²) in [6, 6.07) is 74.4. The highest BCUT2D eigenvalue weighted by Crippen LogP contribution is 2.43. The Hall–Kier alpha value is -7.62. The van der Waals surface area contributed by atoms with E-state index in [1.165, 1.54) is 65.3 Å². The van der Waals surface area contributed by atoms with E-state index in [1.807, 2.05) is 0 Å². The number of fused-ring (bicyclic) bond motifs is 12. The number of hydrogen-bond acceptors (Lipinski definition) is 2. The summed E-state index contributed by atoms with van der Waals surface area (Å²) in [4.78, 5) is 2.36. The first-order chi connectivity index (χ1) is 28.3. The van der Waals surface area contributed by atoms with E-state index in [1.54, 1.807) is 0 Å². The van der Waals surface area contributed by atoms with E-state index in [0.717, 1.165) is 44.7 Å². The molecule has 12 rings (SSSR count). The Labute approximate surface area is 328 Å². The van der Waals surface area contributed by atoms with E-state index in [4.69, 9.17) is 4.42 Å². The molecule has 2 aromatic heterocycles. The summed E-state index contributed by atoms with van der Waals surface area (Å²) in [5.41, 5.74) is 10.8. The largest absolute Gasteiger partial charge is 0.456 e. The Balaban J connectivity index is 1.04. The van der Waals surface area contributed by atoms with Crippen molar-refractivity contribution in [3.63, 3.8) is 0 Å². The van der Waals surface area contributed by atoms with Gasteiger partial charge in [0.15, 0.2) is 0 Å². The quantitative estimate of drug-likeness (QED) is 0.165. The van der Waals surface area contributed by atoms with Crippen LogP contribution in [0.5, 0.6) is 0 Å². The number of hydrogen-bond donors (Lipinski definition) is 0. The van der Waals surface area contributed by atoms with Gasteiger partial charge in [-0.15, -0.1) is 0 Å². The third-order valence-electron chi connectivity index (χ3n) is 11.8. The van der Waals surface area contributed by atoms with Gasteiger partial charge in [-0.3, -0.25) is 0 Å². The van der Waals surface area contributed by atoms with E-state index in [2.05, 4.69) is 216 Å². The number of anilines is 3. The van der Waals surface area contributed by atoms with Crippen LogP contribution in [-0.2, 0) is 0 Å². The second-order valence-corrected chi connectivity index (χ2v) is 14.9. The fourth-order valence-electron chi connectivity index (χ4n) is 9.15. The molecule has 0 radical (unpaired) electrons. The summed E-state index contributed by atoms with van der Waals surface area (Å²) in [6.07, 6.45) is 0. The summed E-state index contributed by atoms with van der Waals surface area (Å²) in [7, 11) is 0. The van der Waals surface area contributed by atoms with E-state index < -0.39 is 0 Å². The lowest BCUT2D eigenvalue weighted by Gasteiger charge is -2.26. The van der Waals surface area contributed by atoms with E-state index in [9.17, 15) is 0 Å². The molecule has 0 N–H and O–H groups in total. The molecule has 3 heteroatoms. The number of para-hydroxylation sites is 2. The molecule has 0 saturated carbocycles. The van der Waals surface area contributed by atoms with Gasteiger partial charge in [-0.25, -0.2) is 0 Å². The average molecular weight is 727 g/mol. The van der Waals surface area contributed by atoms with Gasteiger partial charge >= 0.3 is 0 Å². The summed E-state index contributed by atoms with van der Waals surface area (Å²) in [5, 5.41) is 12.2. The van der Waals surface area contributed by atoms with Gasteiger partial charge < -0.3 is 13.9 Å². The monoisotopic (exact) mass is 726 g/mol. The van der Waals surface area contributed by atoms with Crippen LogP contribution in [0.15, 0.2) is 211 Å². The minimum Gasteiger partial charge on any atom is -0.456 e. The van der Waals surface area contributed by atoms with Gasteiger partial charge in [0.1, 0.15) is 11.2 Å². The Morgan fingerprint density at radius 3 is 1.44 bits per heavy atom. The molecule has 0 bridgehead atoms. The van der Waals surface area contributed by atoms with Crippen LogP contribution in [0.2, 0.25) is 0 Å². The van der Waals surface area contributed by atoms with E-state index in [0.29, 0.717) is 0 Å². The summed E-state index contributed by atoms with van der Waals surface area (Å²) in [6.45, 7) is 0. The zero-order valence-electron chi connectivity index (χ0n) is 30.9. The fourth-order valence-corrected chi connectivity index (χ4v) is 9.15. The predicted molar refractivity (Wildman–Crippen MR) is 241 cm³/mol. The van der Waals surface area contributed by atoms with E-state index >= 15 is 0 Å². The van der Waals surface area contributed by atoms with Gasteiger partial charge in [0.25, 0.3) is 0 Å². The second-order valence-electron chi connectivity index (χ2n) is 14.9. The minimum absolute atomic E-state index is 0.852. The smallest absolute Gasteiger partial charge is 0.137 e. The standard InChI is InChI=1S/C54H34N2O/c1-2-12-35(13-3-1)36-22-24-37(25-23-36)55(38-26-29-45-43-16-5-4-14-41(43)42-15-6-7-17-44(42)49(45)32-38)40-27-30-48-50-33-39(28-31-53(50)57-54(48)34-40)56-51-20-10-8-18-46(51)47-19-9-11-21-52(47)56/h1-34H. The van der Waals surface area contributed by atoms with Crippen molar-refractivity contribution in [1.29, 1.82) is 0 Å². The van der Waals surface area contributed by atoms with Crippen molar-refractivity contribution in [2.45, 2.75) is 0 Å². The first-order valence-corrected chi connectivity index (χ1v) is 19.5. The molecule has 0 atom stereocenters. The molecule has 3 nitrogen and oxygen atoms in total. The molecule has 0 amide bonds. The maximum Gasteiger partial charge on any atom is 0.137 e. The SMILES string of the molecule is c1ccc(-c2ccc(N(c3ccc4c(c3)oc3ccc(-n5c6ccccc6c6ccccc65)cc34)c3ccc4c5ccccc5c5ccccc5c4c3)cc2)cc1. The molecule has 2 heterocycles. The number of nitrogens with zero attached hydrogens (tertiary/aromatic N) is 2. The summed E-state index contributed by atoms with van der Waals surface area (Å²) in [5.74, 6) is 0. The number of benzene rings is 10. The van der Waals surface area contributed by atoms with Crippen LogP contribution < -0.4 is 4.90 Å². The molecule has 0 saturated heterocycles. The van der Waals surface area contributed by atoms with Crippen molar-refractivity contribution < 1.29 is 4.42 Å². The lowest BCUT2D eigenvalue weighted by atomic mass is 9.94. The van der Waals surface area contributed by atoms with Crippen molar-refractivity contribution in [3.05, 3.63) is 206 Å². The van der Waals surface area contributed by atoms with Crippen molar-refractivity contribution in [1.82, 2.24) is 4.57 Å². The molecule has 0 spiro atoms. The zero-order chi connectivity index (χ0) is 37.5. The normalized spacial score (nSPS) is 11.9. The molecule has 0 fully saturated rings. The Kier molecular flexibility index (Phi) is 6.93. The van der Waals surface area contributed by atoms with Crippen LogP contribution in [0.3, 0.4) is 0 Å². The molecule has 0 aliphatic heterocycles. The van der Waals surface area contributed by atoms with Gasteiger partial charge in [-0.2, -0.15) is 0 Å². The van der Waals surface area contributed by atoms with Crippen molar-refractivity contribution in [2.75, 3.05) is 4.90 Å². The summed E-state index contributed by atoms with van der Waals surface area (Å²) < 4.78 is 9.05. The Bertz CT molecular complexity index is 3430. The third-order valence-corrected chi connectivity index (χ3v) is 11.8. The predicted octanol–water partition coefficient (Wildman–Crippen LogP) is 15.3. The van der Waals surface area contributed by atoms with E-state index in [-0.39, 0.29) is 0 Å². The van der Waals surface area contributed by atoms with Crippen LogP contribution in [0.25, 0.3) is 92.9 Å². The lowest BCUT2D eigenvalue weighted by Crippen LogP contribution is -2.09. The molecule has 0 aliphatic rings. The van der Waals surface area contributed by atoms with Crippen LogP contribution in [-0.4, -0.2) is 4.57 Å².